The van der Waals surface area contributed by atoms with E-state index in [0.717, 1.165) is 46.7 Å². The molecule has 7 nitrogen and oxygen atoms in total. The van der Waals surface area contributed by atoms with E-state index in [1.165, 1.54) is 24.3 Å². The molecule has 1 fully saturated rings. The van der Waals surface area contributed by atoms with Crippen molar-refractivity contribution < 1.29 is 18.0 Å². The van der Waals surface area contributed by atoms with Gasteiger partial charge in [-0.2, -0.15) is 0 Å². The van der Waals surface area contributed by atoms with Crippen molar-refractivity contribution >= 4 is 39.1 Å². The number of para-hydroxylation sites is 1. The van der Waals surface area contributed by atoms with Gasteiger partial charge in [0.25, 0.3) is 10.0 Å². The quantitative estimate of drug-likeness (QED) is 0.181. The first-order valence-electron chi connectivity index (χ1n) is 15.6. The Morgan fingerprint density at radius 3 is 2.11 bits per heavy atom. The van der Waals surface area contributed by atoms with E-state index in [2.05, 4.69) is 5.32 Å². The standard InChI is InChI=1S/C37H40ClN3O4S/c1-27-16-18-30(19-17-27)25-40(35(24-29-11-4-3-5-12-29)37(43)39-32-13-7-8-14-32)36(42)26-41(34-15-9-6-10-28(34)2)46(44,45)33-22-20-31(38)21-23-33/h3-6,9-12,15-23,32,35H,7-8,13-14,24-26H2,1-2H3,(H,39,43). The molecule has 4 aromatic carbocycles. The molecule has 0 spiro atoms. The van der Waals surface area contributed by atoms with Gasteiger partial charge in [0.15, 0.2) is 0 Å². The lowest BCUT2D eigenvalue weighted by molar-refractivity contribution is -0.140. The number of hydrogen-bond donors (Lipinski definition) is 1. The number of aryl methyl sites for hydroxylation is 2. The van der Waals surface area contributed by atoms with Crippen molar-refractivity contribution in [2.24, 2.45) is 0 Å². The number of amides is 2. The van der Waals surface area contributed by atoms with Crippen LogP contribution in [0.15, 0.2) is 108 Å². The van der Waals surface area contributed by atoms with Crippen LogP contribution in [-0.2, 0) is 32.6 Å². The molecule has 0 aliphatic heterocycles. The number of nitrogens with zero attached hydrogens (tertiary/aromatic N) is 2. The molecule has 1 saturated carbocycles. The second-order valence-electron chi connectivity index (χ2n) is 12.0. The van der Waals surface area contributed by atoms with Crippen molar-refractivity contribution in [2.45, 2.75) is 69.5 Å². The minimum Gasteiger partial charge on any atom is -0.352 e. The predicted molar refractivity (Wildman–Crippen MR) is 183 cm³/mol. The fraction of sp³-hybridized carbons (Fsp3) is 0.297. The van der Waals surface area contributed by atoms with Gasteiger partial charge in [0.1, 0.15) is 12.6 Å². The van der Waals surface area contributed by atoms with Gasteiger partial charge in [-0.15, -0.1) is 0 Å². The topological polar surface area (TPSA) is 86.8 Å². The molecule has 1 unspecified atom stereocenters. The lowest BCUT2D eigenvalue weighted by Gasteiger charge is -2.34. The Hall–Kier alpha value is -4.14. The summed E-state index contributed by atoms with van der Waals surface area (Å²) < 4.78 is 29.6. The number of benzene rings is 4. The van der Waals surface area contributed by atoms with Crippen molar-refractivity contribution in [1.82, 2.24) is 10.2 Å². The highest BCUT2D eigenvalue weighted by atomic mass is 35.5. The van der Waals surface area contributed by atoms with E-state index < -0.39 is 28.5 Å². The number of anilines is 1. The fourth-order valence-electron chi connectivity index (χ4n) is 5.90. The predicted octanol–water partition coefficient (Wildman–Crippen LogP) is 6.85. The maximum atomic E-state index is 14.6. The van der Waals surface area contributed by atoms with Crippen molar-refractivity contribution in [3.63, 3.8) is 0 Å². The van der Waals surface area contributed by atoms with Gasteiger partial charge in [-0.1, -0.05) is 103 Å². The Labute approximate surface area is 277 Å². The van der Waals surface area contributed by atoms with Gasteiger partial charge in [-0.05, 0) is 73.7 Å². The van der Waals surface area contributed by atoms with Gasteiger partial charge in [-0.25, -0.2) is 8.42 Å². The van der Waals surface area contributed by atoms with Crippen LogP contribution < -0.4 is 9.62 Å². The second kappa shape index (κ2) is 15.0. The van der Waals surface area contributed by atoms with E-state index >= 15 is 0 Å². The molecule has 0 aromatic heterocycles. The van der Waals surface area contributed by atoms with Crippen LogP contribution in [0.2, 0.25) is 5.02 Å². The molecular formula is C37H40ClN3O4S. The number of halogens is 1. The highest BCUT2D eigenvalue weighted by Crippen LogP contribution is 2.28. The molecule has 46 heavy (non-hydrogen) atoms. The number of carbonyl (C=O) groups is 2. The summed E-state index contributed by atoms with van der Waals surface area (Å²) >= 11 is 6.08. The Kier molecular flexibility index (Phi) is 10.8. The highest BCUT2D eigenvalue weighted by Gasteiger charge is 2.36. The van der Waals surface area contributed by atoms with Crippen LogP contribution in [0.4, 0.5) is 5.69 Å². The first-order chi connectivity index (χ1) is 22.1. The zero-order chi connectivity index (χ0) is 32.7. The Morgan fingerprint density at radius 1 is 0.826 bits per heavy atom. The average molecular weight is 658 g/mol. The molecule has 240 valence electrons. The van der Waals surface area contributed by atoms with E-state index in [-0.39, 0.29) is 29.8 Å². The van der Waals surface area contributed by atoms with Gasteiger partial charge >= 0.3 is 0 Å². The van der Waals surface area contributed by atoms with E-state index in [0.29, 0.717) is 16.3 Å². The summed E-state index contributed by atoms with van der Waals surface area (Å²) in [5.41, 5.74) is 3.89. The Bertz CT molecular complexity index is 1740. The number of nitrogens with one attached hydrogen (secondary N) is 1. The third kappa shape index (κ3) is 8.17. The first-order valence-corrected chi connectivity index (χ1v) is 17.5. The molecule has 2 amide bonds. The van der Waals surface area contributed by atoms with E-state index in [1.54, 1.807) is 17.0 Å². The average Bonchev–Trinajstić information content (AvgIpc) is 3.56. The monoisotopic (exact) mass is 657 g/mol. The summed E-state index contributed by atoms with van der Waals surface area (Å²) in [7, 11) is -4.20. The summed E-state index contributed by atoms with van der Waals surface area (Å²) in [5, 5.41) is 3.61. The molecular weight excluding hydrogens is 618 g/mol. The highest BCUT2D eigenvalue weighted by molar-refractivity contribution is 7.92. The van der Waals surface area contributed by atoms with Gasteiger partial charge in [-0.3, -0.25) is 13.9 Å². The summed E-state index contributed by atoms with van der Waals surface area (Å²) in [4.78, 5) is 30.3. The van der Waals surface area contributed by atoms with Crippen molar-refractivity contribution in [2.75, 3.05) is 10.8 Å². The van der Waals surface area contributed by atoms with Crippen molar-refractivity contribution in [1.29, 1.82) is 0 Å². The largest absolute Gasteiger partial charge is 0.352 e. The van der Waals surface area contributed by atoms with Gasteiger partial charge in [0.05, 0.1) is 10.6 Å². The van der Waals surface area contributed by atoms with Crippen LogP contribution in [0, 0.1) is 13.8 Å². The second-order valence-corrected chi connectivity index (χ2v) is 14.3. The molecule has 0 heterocycles. The third-order valence-electron chi connectivity index (χ3n) is 8.51. The molecule has 1 N–H and O–H groups in total. The summed E-state index contributed by atoms with van der Waals surface area (Å²) in [5.74, 6) is -0.719. The third-order valence-corrected chi connectivity index (χ3v) is 10.5. The Morgan fingerprint density at radius 2 is 1.46 bits per heavy atom. The summed E-state index contributed by atoms with van der Waals surface area (Å²) in [6, 6.07) is 29.6. The van der Waals surface area contributed by atoms with Crippen molar-refractivity contribution in [3.8, 4) is 0 Å². The van der Waals surface area contributed by atoms with E-state index in [1.807, 2.05) is 80.6 Å². The molecule has 0 bridgehead atoms. The van der Waals surface area contributed by atoms with Gasteiger partial charge in [0, 0.05) is 24.0 Å². The minimum absolute atomic E-state index is 0.0119. The molecule has 0 saturated heterocycles. The molecule has 5 rings (SSSR count). The number of carbonyl (C=O) groups excluding carboxylic acids is 2. The number of hydrogen-bond acceptors (Lipinski definition) is 4. The summed E-state index contributed by atoms with van der Waals surface area (Å²) in [6.07, 6.45) is 4.18. The fourth-order valence-corrected chi connectivity index (χ4v) is 7.51. The lowest BCUT2D eigenvalue weighted by Crippen LogP contribution is -2.54. The zero-order valence-electron chi connectivity index (χ0n) is 26.2. The smallest absolute Gasteiger partial charge is 0.264 e. The maximum Gasteiger partial charge on any atom is 0.264 e. The van der Waals surface area contributed by atoms with Crippen LogP contribution in [0.5, 0.6) is 0 Å². The van der Waals surface area contributed by atoms with Crippen LogP contribution >= 0.6 is 11.6 Å². The number of sulfonamides is 1. The molecule has 1 atom stereocenters. The maximum absolute atomic E-state index is 14.6. The van der Waals surface area contributed by atoms with Crippen molar-refractivity contribution in [3.05, 3.63) is 130 Å². The van der Waals surface area contributed by atoms with E-state index in [9.17, 15) is 18.0 Å². The van der Waals surface area contributed by atoms with Gasteiger partial charge < -0.3 is 10.2 Å². The lowest BCUT2D eigenvalue weighted by atomic mass is 10.0. The van der Waals surface area contributed by atoms with Crippen LogP contribution in [0.25, 0.3) is 0 Å². The van der Waals surface area contributed by atoms with Crippen LogP contribution in [0.1, 0.15) is 47.9 Å². The normalized spacial score (nSPS) is 14.1. The minimum atomic E-state index is -4.20. The zero-order valence-corrected chi connectivity index (χ0v) is 27.8. The van der Waals surface area contributed by atoms with Gasteiger partial charge in [0.2, 0.25) is 11.8 Å². The molecule has 9 heteroatoms. The number of rotatable bonds is 12. The Balaban J connectivity index is 1.57. The first kappa shape index (κ1) is 33.2. The molecule has 0 radical (unpaired) electrons. The van der Waals surface area contributed by atoms with E-state index in [4.69, 9.17) is 11.6 Å². The van der Waals surface area contributed by atoms with Crippen LogP contribution in [-0.4, -0.2) is 43.8 Å². The molecule has 1 aliphatic rings. The van der Waals surface area contributed by atoms with Crippen LogP contribution in [0.3, 0.4) is 0 Å². The SMILES string of the molecule is Cc1ccc(CN(C(=O)CN(c2ccccc2C)S(=O)(=O)c2ccc(Cl)cc2)C(Cc2ccccc2)C(=O)NC2CCCC2)cc1. The molecule has 1 aliphatic carbocycles. The molecule has 4 aromatic rings. The summed E-state index contributed by atoms with van der Waals surface area (Å²) in [6.45, 7) is 3.43.